The first-order chi connectivity index (χ1) is 12.8. The number of primary amides is 1. The van der Waals surface area contributed by atoms with Gasteiger partial charge in [-0.3, -0.25) is 9.69 Å². The second kappa shape index (κ2) is 6.67. The zero-order valence-electron chi connectivity index (χ0n) is 14.1. The number of carbonyl (C=O) groups is 3. The number of hydrogen-bond acceptors (Lipinski definition) is 5. The van der Waals surface area contributed by atoms with E-state index in [0.717, 1.165) is 23.1 Å². The van der Waals surface area contributed by atoms with Crippen molar-refractivity contribution in [3.8, 4) is 0 Å². The van der Waals surface area contributed by atoms with Crippen molar-refractivity contribution in [3.63, 3.8) is 0 Å². The number of anilines is 2. The zero-order valence-corrected chi connectivity index (χ0v) is 14.1. The van der Waals surface area contributed by atoms with E-state index in [4.69, 9.17) is 15.2 Å². The van der Waals surface area contributed by atoms with Gasteiger partial charge < -0.3 is 15.2 Å². The lowest BCUT2D eigenvalue weighted by Gasteiger charge is -2.25. The molecule has 0 radical (unpaired) electrons. The van der Waals surface area contributed by atoms with E-state index in [1.165, 1.54) is 31.2 Å². The second-order valence-electron chi connectivity index (χ2n) is 5.58. The summed E-state index contributed by atoms with van der Waals surface area (Å²) in [7, 11) is 0. The first kappa shape index (κ1) is 18.3. The van der Waals surface area contributed by atoms with Crippen LogP contribution in [0.2, 0.25) is 0 Å². The highest BCUT2D eigenvalue weighted by atomic mass is 19.1. The number of nitrogens with two attached hydrogens (primary N) is 1. The molecule has 2 N–H and O–H groups in total. The van der Waals surface area contributed by atoms with Crippen LogP contribution in [0.25, 0.3) is 0 Å². The topological polar surface area (TPSA) is 98.9 Å². The molecule has 0 spiro atoms. The molecule has 1 atom stereocenters. The molecule has 1 aliphatic rings. The Bertz CT molecular complexity index is 949. The van der Waals surface area contributed by atoms with Crippen LogP contribution in [0.3, 0.4) is 0 Å². The summed E-state index contributed by atoms with van der Waals surface area (Å²) >= 11 is 0. The smallest absolute Gasteiger partial charge is 0.406 e. The van der Waals surface area contributed by atoms with Crippen LogP contribution in [0.15, 0.2) is 42.5 Å². The standard InChI is InChI=1S/C18H14F2N2O5/c1-2-26-16(24)18(27-17(21)25)11-9-10(19)7-8-13(11)22(15(18)23)14-6-4-3-5-12(14)20/h3-9H,2H2,1H3,(H2,21,25). The predicted octanol–water partition coefficient (Wildman–Crippen LogP) is 2.50. The maximum absolute atomic E-state index is 14.3. The molecule has 0 saturated heterocycles. The third kappa shape index (κ3) is 2.77. The van der Waals surface area contributed by atoms with Gasteiger partial charge in [-0.05, 0) is 37.3 Å². The number of halogens is 2. The lowest BCUT2D eigenvalue weighted by Crippen LogP contribution is -2.50. The van der Waals surface area contributed by atoms with Crippen LogP contribution in [0.4, 0.5) is 25.0 Å². The first-order valence-corrected chi connectivity index (χ1v) is 7.87. The van der Waals surface area contributed by atoms with Crippen LogP contribution in [0.5, 0.6) is 0 Å². The Kier molecular flexibility index (Phi) is 4.52. The lowest BCUT2D eigenvalue weighted by molar-refractivity contribution is -0.170. The molecular weight excluding hydrogens is 362 g/mol. The van der Waals surface area contributed by atoms with Crippen LogP contribution in [0.1, 0.15) is 12.5 Å². The molecule has 1 heterocycles. The van der Waals surface area contributed by atoms with Gasteiger partial charge in [-0.2, -0.15) is 0 Å². The predicted molar refractivity (Wildman–Crippen MR) is 88.9 cm³/mol. The fraction of sp³-hybridized carbons (Fsp3) is 0.167. The van der Waals surface area contributed by atoms with Gasteiger partial charge in [-0.25, -0.2) is 18.4 Å². The fourth-order valence-electron chi connectivity index (χ4n) is 2.96. The average Bonchev–Trinajstić information content (AvgIpc) is 2.84. The number of esters is 1. The van der Waals surface area contributed by atoms with Gasteiger partial charge in [0.2, 0.25) is 0 Å². The Hall–Kier alpha value is -3.49. The number of para-hydroxylation sites is 1. The summed E-state index contributed by atoms with van der Waals surface area (Å²) in [5.41, 5.74) is 1.81. The third-order valence-corrected chi connectivity index (χ3v) is 3.99. The summed E-state index contributed by atoms with van der Waals surface area (Å²) in [6.07, 6.45) is -1.46. The van der Waals surface area contributed by atoms with E-state index >= 15 is 0 Å². The van der Waals surface area contributed by atoms with Gasteiger partial charge in [-0.1, -0.05) is 12.1 Å². The van der Waals surface area contributed by atoms with E-state index in [2.05, 4.69) is 0 Å². The summed E-state index contributed by atoms with van der Waals surface area (Å²) in [6, 6.07) is 8.29. The summed E-state index contributed by atoms with van der Waals surface area (Å²) < 4.78 is 38.0. The quantitative estimate of drug-likeness (QED) is 0.653. The van der Waals surface area contributed by atoms with E-state index in [1.54, 1.807) is 0 Å². The van der Waals surface area contributed by atoms with E-state index < -0.39 is 35.2 Å². The van der Waals surface area contributed by atoms with Gasteiger partial charge in [0.1, 0.15) is 11.6 Å². The molecule has 2 aromatic carbocycles. The second-order valence-corrected chi connectivity index (χ2v) is 5.58. The molecule has 9 heteroatoms. The van der Waals surface area contributed by atoms with Crippen molar-refractivity contribution in [2.75, 3.05) is 11.5 Å². The van der Waals surface area contributed by atoms with E-state index in [1.807, 2.05) is 0 Å². The zero-order chi connectivity index (χ0) is 19.8. The van der Waals surface area contributed by atoms with Crippen molar-refractivity contribution in [1.82, 2.24) is 0 Å². The minimum Gasteiger partial charge on any atom is -0.462 e. The molecule has 0 aliphatic carbocycles. The summed E-state index contributed by atoms with van der Waals surface area (Å²) in [5.74, 6) is -4.00. The van der Waals surface area contributed by atoms with Crippen LogP contribution in [-0.4, -0.2) is 24.6 Å². The largest absolute Gasteiger partial charge is 0.462 e. The van der Waals surface area contributed by atoms with Crippen LogP contribution < -0.4 is 10.6 Å². The molecule has 2 amide bonds. The van der Waals surface area contributed by atoms with Crippen molar-refractivity contribution < 1.29 is 32.6 Å². The molecule has 27 heavy (non-hydrogen) atoms. The van der Waals surface area contributed by atoms with E-state index in [-0.39, 0.29) is 23.5 Å². The molecule has 3 rings (SSSR count). The number of fused-ring (bicyclic) bond motifs is 1. The highest BCUT2D eigenvalue weighted by Crippen LogP contribution is 2.47. The van der Waals surface area contributed by atoms with Crippen LogP contribution in [-0.2, 0) is 24.7 Å². The molecule has 0 aromatic heterocycles. The average molecular weight is 376 g/mol. The van der Waals surface area contributed by atoms with Gasteiger partial charge in [-0.15, -0.1) is 0 Å². The first-order valence-electron chi connectivity index (χ1n) is 7.87. The Morgan fingerprint density at radius 2 is 1.85 bits per heavy atom. The Morgan fingerprint density at radius 1 is 1.15 bits per heavy atom. The van der Waals surface area contributed by atoms with Gasteiger partial charge >= 0.3 is 17.7 Å². The van der Waals surface area contributed by atoms with Gasteiger partial charge in [0.15, 0.2) is 0 Å². The van der Waals surface area contributed by atoms with Gasteiger partial charge in [0.25, 0.3) is 5.91 Å². The van der Waals surface area contributed by atoms with Crippen molar-refractivity contribution in [2.45, 2.75) is 12.5 Å². The molecular formula is C18H14F2N2O5. The summed E-state index contributed by atoms with van der Waals surface area (Å²) in [5, 5.41) is 0. The van der Waals surface area contributed by atoms with Gasteiger partial charge in [0, 0.05) is 5.56 Å². The maximum atomic E-state index is 14.3. The molecule has 7 nitrogen and oxygen atoms in total. The monoisotopic (exact) mass is 376 g/mol. The Labute approximate surface area is 152 Å². The van der Waals surface area contributed by atoms with Crippen molar-refractivity contribution >= 4 is 29.3 Å². The summed E-state index contributed by atoms with van der Waals surface area (Å²) in [4.78, 5) is 38.1. The highest BCUT2D eigenvalue weighted by Gasteiger charge is 2.62. The molecule has 0 saturated carbocycles. The SMILES string of the molecule is CCOC(=O)C1(OC(N)=O)C(=O)N(c2ccccc2F)c2ccc(F)cc21. The molecule has 2 aromatic rings. The molecule has 0 fully saturated rings. The number of benzene rings is 2. The number of hydrogen-bond donors (Lipinski definition) is 1. The van der Waals surface area contributed by atoms with Crippen LogP contribution >= 0.6 is 0 Å². The van der Waals surface area contributed by atoms with Crippen LogP contribution in [0, 0.1) is 11.6 Å². The van der Waals surface area contributed by atoms with E-state index in [9.17, 15) is 23.2 Å². The lowest BCUT2D eigenvalue weighted by atomic mass is 9.95. The molecule has 0 bridgehead atoms. The molecule has 140 valence electrons. The number of nitrogens with zero attached hydrogens (tertiary/aromatic N) is 1. The minimum atomic E-state index is -2.68. The number of amides is 2. The van der Waals surface area contributed by atoms with Crippen molar-refractivity contribution in [1.29, 1.82) is 0 Å². The maximum Gasteiger partial charge on any atom is 0.406 e. The number of ether oxygens (including phenoxy) is 2. The normalized spacial score (nSPS) is 18.2. The van der Waals surface area contributed by atoms with Gasteiger partial charge in [0.05, 0.1) is 18.0 Å². The minimum absolute atomic E-state index is 0.0409. The highest BCUT2D eigenvalue weighted by molar-refractivity contribution is 6.22. The van der Waals surface area contributed by atoms with Crippen molar-refractivity contribution in [2.24, 2.45) is 5.73 Å². The Balaban J connectivity index is 2.31. The van der Waals surface area contributed by atoms with Crippen molar-refractivity contribution in [3.05, 3.63) is 59.7 Å². The van der Waals surface area contributed by atoms with E-state index in [0.29, 0.717) is 0 Å². The Morgan fingerprint density at radius 3 is 2.48 bits per heavy atom. The number of carbonyl (C=O) groups excluding carboxylic acids is 3. The number of rotatable bonds is 4. The third-order valence-electron chi connectivity index (χ3n) is 3.99. The molecule has 1 unspecified atom stereocenters. The summed E-state index contributed by atoms with van der Waals surface area (Å²) in [6.45, 7) is 1.32. The molecule has 1 aliphatic heterocycles. The fourth-order valence-corrected chi connectivity index (χ4v) is 2.96.